The smallest absolute Gasteiger partial charge is 0.323 e. The SMILES string of the molecule is O=C(O)CN(C(=O)Nc1ccc(Cl)c(Cl)c1)C1CCCC1. The van der Waals surface area contributed by atoms with Gasteiger partial charge >= 0.3 is 12.0 Å². The number of anilines is 1. The number of benzene rings is 1. The van der Waals surface area contributed by atoms with E-state index in [2.05, 4.69) is 5.32 Å². The number of nitrogens with zero attached hydrogens (tertiary/aromatic N) is 1. The zero-order valence-electron chi connectivity index (χ0n) is 11.3. The van der Waals surface area contributed by atoms with Gasteiger partial charge < -0.3 is 15.3 Å². The first-order valence-electron chi connectivity index (χ1n) is 6.72. The molecule has 0 aliphatic heterocycles. The monoisotopic (exact) mass is 330 g/mol. The Balaban J connectivity index is 2.09. The Morgan fingerprint density at radius 3 is 2.48 bits per heavy atom. The Bertz CT molecular complexity index is 545. The molecule has 0 spiro atoms. The van der Waals surface area contributed by atoms with Crippen molar-refractivity contribution < 1.29 is 14.7 Å². The Hall–Kier alpha value is -1.46. The van der Waals surface area contributed by atoms with Crippen molar-refractivity contribution in [1.29, 1.82) is 0 Å². The highest BCUT2D eigenvalue weighted by molar-refractivity contribution is 6.42. The predicted octanol–water partition coefficient (Wildman–Crippen LogP) is 3.85. The summed E-state index contributed by atoms with van der Waals surface area (Å²) < 4.78 is 0. The van der Waals surface area contributed by atoms with Crippen LogP contribution >= 0.6 is 23.2 Å². The number of hydrogen-bond acceptors (Lipinski definition) is 2. The van der Waals surface area contributed by atoms with Gasteiger partial charge in [-0.2, -0.15) is 0 Å². The standard InChI is InChI=1S/C14H16Cl2N2O3/c15-11-6-5-9(7-12(11)16)17-14(21)18(8-13(19)20)10-3-1-2-4-10/h5-7,10H,1-4,8H2,(H,17,21)(H,19,20). The van der Waals surface area contributed by atoms with Gasteiger partial charge in [-0.15, -0.1) is 0 Å². The molecule has 0 unspecified atom stereocenters. The maximum atomic E-state index is 12.3. The van der Waals surface area contributed by atoms with E-state index < -0.39 is 12.0 Å². The van der Waals surface area contributed by atoms with Gasteiger partial charge in [0.15, 0.2) is 0 Å². The maximum Gasteiger partial charge on any atom is 0.323 e. The van der Waals surface area contributed by atoms with E-state index >= 15 is 0 Å². The van der Waals surface area contributed by atoms with Crippen molar-refractivity contribution in [2.75, 3.05) is 11.9 Å². The van der Waals surface area contributed by atoms with E-state index in [0.717, 1.165) is 25.7 Å². The van der Waals surface area contributed by atoms with Gasteiger partial charge in [-0.05, 0) is 31.0 Å². The molecule has 1 fully saturated rings. The summed E-state index contributed by atoms with van der Waals surface area (Å²) in [5, 5.41) is 12.4. The average Bonchev–Trinajstić information content (AvgIpc) is 2.93. The molecule has 21 heavy (non-hydrogen) atoms. The largest absolute Gasteiger partial charge is 0.480 e. The lowest BCUT2D eigenvalue weighted by molar-refractivity contribution is -0.138. The molecular formula is C14H16Cl2N2O3. The molecule has 7 heteroatoms. The fraction of sp³-hybridized carbons (Fsp3) is 0.429. The fourth-order valence-electron chi connectivity index (χ4n) is 2.50. The van der Waals surface area contributed by atoms with Crippen molar-refractivity contribution in [1.82, 2.24) is 4.90 Å². The molecule has 0 aromatic heterocycles. The molecule has 0 heterocycles. The minimum Gasteiger partial charge on any atom is -0.480 e. The van der Waals surface area contributed by atoms with Crippen LogP contribution < -0.4 is 5.32 Å². The van der Waals surface area contributed by atoms with Crippen molar-refractivity contribution in [3.63, 3.8) is 0 Å². The molecule has 2 amide bonds. The van der Waals surface area contributed by atoms with Crippen molar-refractivity contribution in [2.24, 2.45) is 0 Å². The summed E-state index contributed by atoms with van der Waals surface area (Å²) in [5.41, 5.74) is 0.489. The van der Waals surface area contributed by atoms with Crippen LogP contribution in [0, 0.1) is 0 Å². The summed E-state index contributed by atoms with van der Waals surface area (Å²) in [6, 6.07) is 4.29. The van der Waals surface area contributed by atoms with Gasteiger partial charge in [0, 0.05) is 11.7 Å². The third-order valence-electron chi connectivity index (χ3n) is 3.50. The summed E-state index contributed by atoms with van der Waals surface area (Å²) in [5.74, 6) is -1.02. The van der Waals surface area contributed by atoms with Gasteiger partial charge in [0.2, 0.25) is 0 Å². The van der Waals surface area contributed by atoms with Crippen LogP contribution in [0.3, 0.4) is 0 Å². The van der Waals surface area contributed by atoms with Crippen LogP contribution in [0.5, 0.6) is 0 Å². The molecule has 1 aromatic carbocycles. The second-order valence-corrected chi connectivity index (χ2v) is 5.83. The average molecular weight is 331 g/mol. The number of halogens is 2. The first kappa shape index (κ1) is 15.9. The molecule has 0 bridgehead atoms. The number of hydrogen-bond donors (Lipinski definition) is 2. The second-order valence-electron chi connectivity index (χ2n) is 5.02. The molecule has 0 saturated heterocycles. The predicted molar refractivity (Wildman–Crippen MR) is 82.1 cm³/mol. The molecule has 0 atom stereocenters. The lowest BCUT2D eigenvalue weighted by Crippen LogP contribution is -2.44. The van der Waals surface area contributed by atoms with Crippen molar-refractivity contribution in [3.8, 4) is 0 Å². The fourth-order valence-corrected chi connectivity index (χ4v) is 2.80. The maximum absolute atomic E-state index is 12.3. The van der Waals surface area contributed by atoms with Gasteiger partial charge in [0.1, 0.15) is 6.54 Å². The molecule has 114 valence electrons. The minimum atomic E-state index is -1.02. The number of aliphatic carboxylic acids is 1. The van der Waals surface area contributed by atoms with Crippen LogP contribution in [-0.2, 0) is 4.79 Å². The molecular weight excluding hydrogens is 315 g/mol. The molecule has 0 radical (unpaired) electrons. The lowest BCUT2D eigenvalue weighted by atomic mass is 10.2. The van der Waals surface area contributed by atoms with Crippen LogP contribution in [-0.4, -0.2) is 34.6 Å². The van der Waals surface area contributed by atoms with E-state index in [1.807, 2.05) is 0 Å². The third kappa shape index (κ3) is 4.25. The highest BCUT2D eigenvalue weighted by atomic mass is 35.5. The van der Waals surface area contributed by atoms with Gasteiger partial charge in [-0.3, -0.25) is 4.79 Å². The molecule has 2 N–H and O–H groups in total. The van der Waals surface area contributed by atoms with Crippen molar-refractivity contribution in [2.45, 2.75) is 31.7 Å². The number of urea groups is 1. The van der Waals surface area contributed by atoms with E-state index in [4.69, 9.17) is 28.3 Å². The van der Waals surface area contributed by atoms with Crippen LogP contribution in [0.2, 0.25) is 10.0 Å². The van der Waals surface area contributed by atoms with Crippen LogP contribution in [0.4, 0.5) is 10.5 Å². The van der Waals surface area contributed by atoms with Gasteiger partial charge in [0.05, 0.1) is 10.0 Å². The molecule has 1 aliphatic rings. The lowest BCUT2D eigenvalue weighted by Gasteiger charge is -2.27. The van der Waals surface area contributed by atoms with E-state index in [1.165, 1.54) is 11.0 Å². The normalized spacial score (nSPS) is 15.0. The Morgan fingerprint density at radius 1 is 1.24 bits per heavy atom. The number of nitrogens with one attached hydrogen (secondary N) is 1. The number of carbonyl (C=O) groups is 2. The molecule has 2 rings (SSSR count). The number of carbonyl (C=O) groups excluding carboxylic acids is 1. The Kier molecular flexibility index (Phi) is 5.31. The van der Waals surface area contributed by atoms with Crippen molar-refractivity contribution >= 4 is 40.9 Å². The molecule has 1 aromatic rings. The number of amides is 2. The van der Waals surface area contributed by atoms with E-state index in [-0.39, 0.29) is 12.6 Å². The first-order chi connectivity index (χ1) is 9.97. The van der Waals surface area contributed by atoms with Gasteiger partial charge in [0.25, 0.3) is 0 Å². The van der Waals surface area contributed by atoms with Gasteiger partial charge in [-0.25, -0.2) is 4.79 Å². The van der Waals surface area contributed by atoms with Crippen LogP contribution in [0.15, 0.2) is 18.2 Å². The third-order valence-corrected chi connectivity index (χ3v) is 4.24. The molecule has 5 nitrogen and oxygen atoms in total. The van der Waals surface area contributed by atoms with E-state index in [1.54, 1.807) is 12.1 Å². The second kappa shape index (κ2) is 7.00. The van der Waals surface area contributed by atoms with Gasteiger partial charge in [-0.1, -0.05) is 36.0 Å². The zero-order chi connectivity index (χ0) is 15.4. The van der Waals surface area contributed by atoms with Crippen LogP contribution in [0.1, 0.15) is 25.7 Å². The number of carboxylic acid groups (broad SMARTS) is 1. The highest BCUT2D eigenvalue weighted by Gasteiger charge is 2.28. The Morgan fingerprint density at radius 2 is 1.90 bits per heavy atom. The van der Waals surface area contributed by atoms with E-state index in [9.17, 15) is 9.59 Å². The van der Waals surface area contributed by atoms with Crippen LogP contribution in [0.25, 0.3) is 0 Å². The summed E-state index contributed by atoms with van der Waals surface area (Å²) in [7, 11) is 0. The Labute approximate surface area is 132 Å². The van der Waals surface area contributed by atoms with Crippen molar-refractivity contribution in [3.05, 3.63) is 28.2 Å². The number of carboxylic acids is 1. The topological polar surface area (TPSA) is 69.6 Å². The summed E-state index contributed by atoms with van der Waals surface area (Å²) in [6.07, 6.45) is 3.70. The minimum absolute atomic E-state index is 0.0242. The molecule has 1 saturated carbocycles. The molecule has 1 aliphatic carbocycles. The quantitative estimate of drug-likeness (QED) is 0.880. The summed E-state index contributed by atoms with van der Waals surface area (Å²) in [4.78, 5) is 24.6. The number of rotatable bonds is 4. The summed E-state index contributed by atoms with van der Waals surface area (Å²) in [6.45, 7) is -0.308. The first-order valence-corrected chi connectivity index (χ1v) is 7.47. The summed E-state index contributed by atoms with van der Waals surface area (Å²) >= 11 is 11.7. The van der Waals surface area contributed by atoms with E-state index in [0.29, 0.717) is 15.7 Å². The zero-order valence-corrected chi connectivity index (χ0v) is 12.8. The highest BCUT2D eigenvalue weighted by Crippen LogP contribution is 2.27.